The van der Waals surface area contributed by atoms with Gasteiger partial charge in [-0.2, -0.15) is 0 Å². The summed E-state index contributed by atoms with van der Waals surface area (Å²) < 4.78 is 2.04. The van der Waals surface area contributed by atoms with Crippen LogP contribution in [-0.2, 0) is 13.0 Å². The van der Waals surface area contributed by atoms with Gasteiger partial charge in [-0.15, -0.1) is 24.8 Å². The van der Waals surface area contributed by atoms with Gasteiger partial charge in [-0.25, -0.2) is 9.97 Å². The van der Waals surface area contributed by atoms with Crippen molar-refractivity contribution in [2.24, 2.45) is 0 Å². The number of carbonyl (C=O) groups is 1. The van der Waals surface area contributed by atoms with Crippen LogP contribution in [0.2, 0.25) is 0 Å². The lowest BCUT2D eigenvalue weighted by molar-refractivity contribution is 0.0934. The molecule has 2 N–H and O–H groups in total. The van der Waals surface area contributed by atoms with Crippen LogP contribution in [0.3, 0.4) is 0 Å². The summed E-state index contributed by atoms with van der Waals surface area (Å²) in [4.78, 5) is 21.5. The quantitative estimate of drug-likeness (QED) is 0.643. The molecule has 3 aromatic rings. The molecule has 0 bridgehead atoms. The number of pyridine rings is 1. The zero-order valence-electron chi connectivity index (χ0n) is 16.2. The molecule has 6 nitrogen and oxygen atoms in total. The van der Waals surface area contributed by atoms with Gasteiger partial charge in [0.1, 0.15) is 5.52 Å². The van der Waals surface area contributed by atoms with Gasteiger partial charge in [0.25, 0.3) is 5.91 Å². The van der Waals surface area contributed by atoms with E-state index in [1.54, 1.807) is 12.5 Å². The van der Waals surface area contributed by atoms with Gasteiger partial charge in [-0.1, -0.05) is 30.3 Å². The Morgan fingerprint density at radius 2 is 1.97 bits per heavy atom. The van der Waals surface area contributed by atoms with E-state index in [4.69, 9.17) is 0 Å². The van der Waals surface area contributed by atoms with Crippen molar-refractivity contribution in [1.82, 2.24) is 25.2 Å². The average molecular weight is 436 g/mol. The second-order valence-corrected chi connectivity index (χ2v) is 7.09. The fourth-order valence-electron chi connectivity index (χ4n) is 3.56. The fourth-order valence-corrected chi connectivity index (χ4v) is 3.56. The van der Waals surface area contributed by atoms with Crippen LogP contribution >= 0.6 is 24.8 Å². The van der Waals surface area contributed by atoms with E-state index in [1.807, 2.05) is 16.7 Å². The Kier molecular flexibility index (Phi) is 8.89. The van der Waals surface area contributed by atoms with E-state index in [-0.39, 0.29) is 36.8 Å². The van der Waals surface area contributed by atoms with Crippen molar-refractivity contribution in [3.63, 3.8) is 0 Å². The number of carbonyl (C=O) groups excluding carboxylic acids is 1. The summed E-state index contributed by atoms with van der Waals surface area (Å²) in [5.41, 5.74) is 3.45. The van der Waals surface area contributed by atoms with Gasteiger partial charge in [-0.3, -0.25) is 4.79 Å². The van der Waals surface area contributed by atoms with Gasteiger partial charge in [0.2, 0.25) is 0 Å². The monoisotopic (exact) mass is 435 g/mol. The number of hydrogen-bond acceptors (Lipinski definition) is 4. The molecule has 2 aromatic heterocycles. The maximum absolute atomic E-state index is 12.6. The van der Waals surface area contributed by atoms with Crippen LogP contribution in [0.15, 0.2) is 48.9 Å². The van der Waals surface area contributed by atoms with Crippen LogP contribution in [0, 0.1) is 0 Å². The summed E-state index contributed by atoms with van der Waals surface area (Å²) in [6.07, 6.45) is 7.46. The van der Waals surface area contributed by atoms with E-state index >= 15 is 0 Å². The molecule has 1 unspecified atom stereocenters. The third-order valence-electron chi connectivity index (χ3n) is 5.11. The third-order valence-corrected chi connectivity index (χ3v) is 5.11. The van der Waals surface area contributed by atoms with Crippen LogP contribution < -0.4 is 10.6 Å². The van der Waals surface area contributed by atoms with Gasteiger partial charge in [0.15, 0.2) is 5.65 Å². The molecule has 156 valence electrons. The molecular formula is C21H27Cl2N5O. The Balaban J connectivity index is 0.00000150. The SMILES string of the molecule is Cl.Cl.O=C(NC1CCCNCC1)c1cnc2c(c1)ncn2CCc1ccccc1. The summed E-state index contributed by atoms with van der Waals surface area (Å²) in [6, 6.07) is 12.4. The number of nitrogens with one attached hydrogen (secondary N) is 2. The lowest BCUT2D eigenvalue weighted by atomic mass is 10.1. The van der Waals surface area contributed by atoms with Crippen LogP contribution in [-0.4, -0.2) is 39.6 Å². The van der Waals surface area contributed by atoms with E-state index in [0.29, 0.717) is 5.56 Å². The highest BCUT2D eigenvalue weighted by atomic mass is 35.5. The van der Waals surface area contributed by atoms with E-state index < -0.39 is 0 Å². The van der Waals surface area contributed by atoms with E-state index in [2.05, 4.69) is 44.9 Å². The molecule has 0 spiro atoms. The minimum absolute atomic E-state index is 0. The van der Waals surface area contributed by atoms with Crippen molar-refractivity contribution in [3.05, 3.63) is 60.0 Å². The number of aryl methyl sites for hydroxylation is 2. The number of imidazole rings is 1. The molecule has 1 saturated heterocycles. The predicted octanol–water partition coefficient (Wildman–Crippen LogP) is 3.39. The van der Waals surface area contributed by atoms with E-state index in [0.717, 1.165) is 56.5 Å². The maximum Gasteiger partial charge on any atom is 0.253 e. The number of hydrogen-bond donors (Lipinski definition) is 2. The van der Waals surface area contributed by atoms with Crippen LogP contribution in [0.1, 0.15) is 35.2 Å². The minimum Gasteiger partial charge on any atom is -0.349 e. The molecule has 8 heteroatoms. The smallest absolute Gasteiger partial charge is 0.253 e. The summed E-state index contributed by atoms with van der Waals surface area (Å²) >= 11 is 0. The highest BCUT2D eigenvalue weighted by Gasteiger charge is 2.17. The highest BCUT2D eigenvalue weighted by Crippen LogP contribution is 2.14. The molecule has 0 saturated carbocycles. The van der Waals surface area contributed by atoms with Gasteiger partial charge in [-0.05, 0) is 50.4 Å². The molecule has 3 heterocycles. The van der Waals surface area contributed by atoms with Crippen molar-refractivity contribution in [3.8, 4) is 0 Å². The lowest BCUT2D eigenvalue weighted by Crippen LogP contribution is -2.35. The first-order chi connectivity index (χ1) is 13.3. The standard InChI is InChI=1S/C21H25N5O.2ClH/c27-21(25-18-7-4-10-22-11-8-18)17-13-19-20(23-14-17)26(15-24-19)12-9-16-5-2-1-3-6-16;;/h1-3,5-6,13-15,18,22H,4,7-12H2,(H,25,27);2*1H. The molecular weight excluding hydrogens is 409 g/mol. The number of halogens is 2. The summed E-state index contributed by atoms with van der Waals surface area (Å²) in [6.45, 7) is 2.79. The Bertz CT molecular complexity index is 908. The van der Waals surface area contributed by atoms with Gasteiger partial charge < -0.3 is 15.2 Å². The molecule has 0 radical (unpaired) electrons. The largest absolute Gasteiger partial charge is 0.349 e. The van der Waals surface area contributed by atoms with Gasteiger partial charge >= 0.3 is 0 Å². The number of rotatable bonds is 5. The Labute approximate surface area is 183 Å². The molecule has 1 fully saturated rings. The second-order valence-electron chi connectivity index (χ2n) is 7.09. The van der Waals surface area contributed by atoms with E-state index in [1.165, 1.54) is 5.56 Å². The van der Waals surface area contributed by atoms with Gasteiger partial charge in [0.05, 0.1) is 11.9 Å². The Morgan fingerprint density at radius 1 is 1.14 bits per heavy atom. The number of fused-ring (bicyclic) bond motifs is 1. The second kappa shape index (κ2) is 11.1. The first-order valence-corrected chi connectivity index (χ1v) is 9.66. The first-order valence-electron chi connectivity index (χ1n) is 9.66. The van der Waals surface area contributed by atoms with Crippen molar-refractivity contribution >= 4 is 41.9 Å². The number of amides is 1. The Morgan fingerprint density at radius 3 is 2.79 bits per heavy atom. The zero-order valence-corrected chi connectivity index (χ0v) is 17.8. The van der Waals surface area contributed by atoms with Crippen molar-refractivity contribution in [1.29, 1.82) is 0 Å². The lowest BCUT2D eigenvalue weighted by Gasteiger charge is -2.15. The molecule has 29 heavy (non-hydrogen) atoms. The molecule has 1 aliphatic heterocycles. The third kappa shape index (κ3) is 5.92. The number of benzene rings is 1. The topological polar surface area (TPSA) is 71.8 Å². The first kappa shape index (κ1) is 23.1. The average Bonchev–Trinajstić information content (AvgIpc) is 2.93. The number of nitrogens with zero attached hydrogens (tertiary/aromatic N) is 3. The van der Waals surface area contributed by atoms with Crippen molar-refractivity contribution in [2.45, 2.75) is 38.3 Å². The highest BCUT2D eigenvalue weighted by molar-refractivity contribution is 5.96. The van der Waals surface area contributed by atoms with Crippen LogP contribution in [0.5, 0.6) is 0 Å². The van der Waals surface area contributed by atoms with E-state index in [9.17, 15) is 4.79 Å². The fraction of sp³-hybridized carbons (Fsp3) is 0.381. The minimum atomic E-state index is -0.0601. The summed E-state index contributed by atoms with van der Waals surface area (Å²) in [5.74, 6) is -0.0601. The molecule has 0 aliphatic carbocycles. The maximum atomic E-state index is 12.6. The molecule has 1 aromatic carbocycles. The predicted molar refractivity (Wildman–Crippen MR) is 120 cm³/mol. The summed E-state index contributed by atoms with van der Waals surface area (Å²) in [5, 5.41) is 6.50. The van der Waals surface area contributed by atoms with Gasteiger partial charge in [0, 0.05) is 18.8 Å². The number of aromatic nitrogens is 3. The molecule has 4 rings (SSSR count). The van der Waals surface area contributed by atoms with Crippen molar-refractivity contribution < 1.29 is 4.79 Å². The van der Waals surface area contributed by atoms with Crippen LogP contribution in [0.25, 0.3) is 11.2 Å². The molecule has 1 aliphatic rings. The summed E-state index contributed by atoms with van der Waals surface area (Å²) in [7, 11) is 0. The zero-order chi connectivity index (χ0) is 18.5. The molecule has 1 amide bonds. The van der Waals surface area contributed by atoms with Crippen molar-refractivity contribution in [2.75, 3.05) is 13.1 Å². The molecule has 1 atom stereocenters. The Hall–Kier alpha value is -2.15. The van der Waals surface area contributed by atoms with Crippen LogP contribution in [0.4, 0.5) is 0 Å². The normalized spacial score (nSPS) is 16.3.